The van der Waals surface area contributed by atoms with Gasteiger partial charge in [-0.1, -0.05) is 17.7 Å². The average molecular weight is 353 g/mol. The van der Waals surface area contributed by atoms with Gasteiger partial charge in [-0.15, -0.1) is 11.3 Å². The number of nitrogens with one attached hydrogen (secondary N) is 1. The molecule has 2 aromatic rings. The van der Waals surface area contributed by atoms with Gasteiger partial charge in [0.2, 0.25) is 6.79 Å². The Bertz CT molecular complexity index is 704. The van der Waals surface area contributed by atoms with E-state index in [9.17, 15) is 4.79 Å². The predicted octanol–water partition coefficient (Wildman–Crippen LogP) is 3.86. The van der Waals surface area contributed by atoms with Crippen LogP contribution >= 0.6 is 22.9 Å². The van der Waals surface area contributed by atoms with Crippen molar-refractivity contribution >= 4 is 29.0 Å². The molecule has 2 heterocycles. The molecule has 0 spiro atoms. The third-order valence-electron chi connectivity index (χ3n) is 3.52. The standard InChI is InChI=1S/C16H17ClN2O3S/c1-2-19(16(20)18-8-12-4-6-15(17)23-12)9-11-3-5-13-14(7-11)22-10-21-13/h3-7H,2,8-10H2,1H3,(H,18,20). The van der Waals surface area contributed by atoms with Gasteiger partial charge in [-0.05, 0) is 36.8 Å². The highest BCUT2D eigenvalue weighted by atomic mass is 35.5. The number of fused-ring (bicyclic) bond motifs is 1. The Balaban J connectivity index is 1.59. The van der Waals surface area contributed by atoms with Gasteiger partial charge in [0.05, 0.1) is 10.9 Å². The van der Waals surface area contributed by atoms with E-state index in [1.54, 1.807) is 4.90 Å². The number of carbonyl (C=O) groups excluding carboxylic acids is 1. The second-order valence-corrected chi connectivity index (χ2v) is 6.87. The Kier molecular flexibility index (Phi) is 4.93. The Morgan fingerprint density at radius 1 is 1.30 bits per heavy atom. The summed E-state index contributed by atoms with van der Waals surface area (Å²) in [5.41, 5.74) is 1.01. The van der Waals surface area contributed by atoms with Gasteiger partial charge in [-0.2, -0.15) is 0 Å². The van der Waals surface area contributed by atoms with Gasteiger partial charge in [-0.3, -0.25) is 0 Å². The molecule has 3 rings (SSSR count). The number of hydrogen-bond acceptors (Lipinski definition) is 4. The lowest BCUT2D eigenvalue weighted by molar-refractivity contribution is 0.173. The largest absolute Gasteiger partial charge is 0.454 e. The zero-order valence-electron chi connectivity index (χ0n) is 12.7. The topological polar surface area (TPSA) is 50.8 Å². The second-order valence-electron chi connectivity index (χ2n) is 5.07. The first-order valence-electron chi connectivity index (χ1n) is 7.31. The van der Waals surface area contributed by atoms with Crippen LogP contribution in [0.5, 0.6) is 11.5 Å². The fourth-order valence-electron chi connectivity index (χ4n) is 2.31. The van der Waals surface area contributed by atoms with Crippen LogP contribution in [0.15, 0.2) is 30.3 Å². The minimum absolute atomic E-state index is 0.102. The summed E-state index contributed by atoms with van der Waals surface area (Å²) in [6, 6.07) is 9.38. The van der Waals surface area contributed by atoms with Gasteiger partial charge in [0.25, 0.3) is 0 Å². The third-order valence-corrected chi connectivity index (χ3v) is 4.75. The maximum atomic E-state index is 12.3. The number of ether oxygens (including phenoxy) is 2. The van der Waals surface area contributed by atoms with Crippen LogP contribution in [0.3, 0.4) is 0 Å². The SMILES string of the molecule is CCN(Cc1ccc2c(c1)OCO2)C(=O)NCc1ccc(Cl)s1. The number of amides is 2. The number of hydrogen-bond donors (Lipinski definition) is 1. The first-order chi connectivity index (χ1) is 11.2. The molecule has 0 saturated carbocycles. The molecule has 0 bridgehead atoms. The summed E-state index contributed by atoms with van der Waals surface area (Å²) < 4.78 is 11.4. The molecule has 0 unspecified atom stereocenters. The molecular weight excluding hydrogens is 336 g/mol. The second kappa shape index (κ2) is 7.10. The molecular formula is C16H17ClN2O3S. The zero-order chi connectivity index (χ0) is 16.2. The lowest BCUT2D eigenvalue weighted by atomic mass is 10.2. The third kappa shape index (κ3) is 3.89. The molecule has 122 valence electrons. The molecule has 5 nitrogen and oxygen atoms in total. The molecule has 0 saturated heterocycles. The van der Waals surface area contributed by atoms with Crippen LogP contribution in [0.1, 0.15) is 17.4 Å². The Labute approximate surface area is 143 Å². The highest BCUT2D eigenvalue weighted by molar-refractivity contribution is 7.16. The summed E-state index contributed by atoms with van der Waals surface area (Å²) >= 11 is 7.36. The lowest BCUT2D eigenvalue weighted by Gasteiger charge is -2.21. The van der Waals surface area contributed by atoms with Crippen molar-refractivity contribution in [3.63, 3.8) is 0 Å². The van der Waals surface area contributed by atoms with Crippen molar-refractivity contribution in [2.75, 3.05) is 13.3 Å². The smallest absolute Gasteiger partial charge is 0.317 e. The predicted molar refractivity (Wildman–Crippen MR) is 90.2 cm³/mol. The van der Waals surface area contributed by atoms with Crippen LogP contribution in [0, 0.1) is 0 Å². The van der Waals surface area contributed by atoms with Crippen molar-refractivity contribution in [2.24, 2.45) is 0 Å². The van der Waals surface area contributed by atoms with Crippen LogP contribution in [0.4, 0.5) is 4.79 Å². The summed E-state index contributed by atoms with van der Waals surface area (Å²) in [4.78, 5) is 15.1. The molecule has 1 aliphatic rings. The fourth-order valence-corrected chi connectivity index (χ4v) is 3.34. The summed E-state index contributed by atoms with van der Waals surface area (Å²) in [5, 5.41) is 2.92. The monoisotopic (exact) mass is 352 g/mol. The fraction of sp³-hybridized carbons (Fsp3) is 0.312. The number of urea groups is 1. The quantitative estimate of drug-likeness (QED) is 0.888. The van der Waals surface area contributed by atoms with E-state index in [2.05, 4.69) is 5.32 Å². The van der Waals surface area contributed by atoms with E-state index in [1.165, 1.54) is 11.3 Å². The van der Waals surface area contributed by atoms with Gasteiger partial charge < -0.3 is 19.7 Å². The molecule has 0 radical (unpaired) electrons. The van der Waals surface area contributed by atoms with E-state index in [4.69, 9.17) is 21.1 Å². The Morgan fingerprint density at radius 3 is 2.87 bits per heavy atom. The van der Waals surface area contributed by atoms with Crippen molar-refractivity contribution in [2.45, 2.75) is 20.0 Å². The van der Waals surface area contributed by atoms with Gasteiger partial charge in [0, 0.05) is 18.0 Å². The van der Waals surface area contributed by atoms with Crippen molar-refractivity contribution in [3.05, 3.63) is 45.1 Å². The van der Waals surface area contributed by atoms with Gasteiger partial charge in [-0.25, -0.2) is 4.79 Å². The summed E-state index contributed by atoms with van der Waals surface area (Å²) in [5.74, 6) is 1.48. The highest BCUT2D eigenvalue weighted by Gasteiger charge is 2.16. The summed E-state index contributed by atoms with van der Waals surface area (Å²) in [7, 11) is 0. The minimum atomic E-state index is -0.102. The van der Waals surface area contributed by atoms with E-state index in [-0.39, 0.29) is 12.8 Å². The van der Waals surface area contributed by atoms with E-state index in [1.807, 2.05) is 37.3 Å². The minimum Gasteiger partial charge on any atom is -0.454 e. The van der Waals surface area contributed by atoms with Crippen molar-refractivity contribution in [3.8, 4) is 11.5 Å². The maximum absolute atomic E-state index is 12.3. The van der Waals surface area contributed by atoms with Gasteiger partial charge >= 0.3 is 6.03 Å². The van der Waals surface area contributed by atoms with Crippen LogP contribution < -0.4 is 14.8 Å². The van der Waals surface area contributed by atoms with Crippen LogP contribution in [0.25, 0.3) is 0 Å². The molecule has 0 atom stereocenters. The number of benzene rings is 1. The number of nitrogens with zero attached hydrogens (tertiary/aromatic N) is 1. The van der Waals surface area contributed by atoms with Crippen LogP contribution in [-0.4, -0.2) is 24.3 Å². The first kappa shape index (κ1) is 16.0. The van der Waals surface area contributed by atoms with E-state index in [0.717, 1.165) is 26.3 Å². The Hall–Kier alpha value is -1.92. The first-order valence-corrected chi connectivity index (χ1v) is 8.50. The van der Waals surface area contributed by atoms with Crippen LogP contribution in [0.2, 0.25) is 4.34 Å². The zero-order valence-corrected chi connectivity index (χ0v) is 14.2. The van der Waals surface area contributed by atoms with Gasteiger partial charge in [0.1, 0.15) is 0 Å². The number of thiophene rings is 1. The van der Waals surface area contributed by atoms with Crippen LogP contribution in [-0.2, 0) is 13.1 Å². The molecule has 1 aliphatic heterocycles. The molecule has 2 amide bonds. The Morgan fingerprint density at radius 2 is 2.13 bits per heavy atom. The molecule has 1 N–H and O–H groups in total. The average Bonchev–Trinajstić information content (AvgIpc) is 3.18. The molecule has 1 aromatic heterocycles. The van der Waals surface area contributed by atoms with E-state index < -0.39 is 0 Å². The highest BCUT2D eigenvalue weighted by Crippen LogP contribution is 2.32. The maximum Gasteiger partial charge on any atom is 0.317 e. The normalized spacial score (nSPS) is 12.3. The van der Waals surface area contributed by atoms with E-state index >= 15 is 0 Å². The molecule has 1 aromatic carbocycles. The number of halogens is 1. The molecule has 23 heavy (non-hydrogen) atoms. The molecule has 0 aliphatic carbocycles. The van der Waals surface area contributed by atoms with Crippen molar-refractivity contribution < 1.29 is 14.3 Å². The molecule has 0 fully saturated rings. The lowest BCUT2D eigenvalue weighted by Crippen LogP contribution is -2.38. The van der Waals surface area contributed by atoms with E-state index in [0.29, 0.717) is 19.6 Å². The van der Waals surface area contributed by atoms with Crippen molar-refractivity contribution in [1.29, 1.82) is 0 Å². The summed E-state index contributed by atoms with van der Waals surface area (Å²) in [6.07, 6.45) is 0. The number of rotatable bonds is 5. The van der Waals surface area contributed by atoms with Gasteiger partial charge in [0.15, 0.2) is 11.5 Å². The summed E-state index contributed by atoms with van der Waals surface area (Å²) in [6.45, 7) is 3.82. The number of carbonyl (C=O) groups is 1. The molecule has 7 heteroatoms. The van der Waals surface area contributed by atoms with Crippen molar-refractivity contribution in [1.82, 2.24) is 10.2 Å².